The average molecular weight is 374 g/mol. The maximum Gasteiger partial charge on any atom is 0.331 e. The summed E-state index contributed by atoms with van der Waals surface area (Å²) in [5, 5.41) is 3.81. The first-order valence-electron chi connectivity index (χ1n) is 9.41. The molecule has 5 heteroatoms. The molecule has 0 saturated heterocycles. The molecule has 0 aliphatic heterocycles. The molecule has 4 fully saturated rings. The summed E-state index contributed by atoms with van der Waals surface area (Å²) >= 11 is 5.91. The predicted molar refractivity (Wildman–Crippen MR) is 100 cm³/mol. The average Bonchev–Trinajstić information content (AvgIpc) is 2.56. The van der Waals surface area contributed by atoms with E-state index in [9.17, 15) is 9.59 Å². The van der Waals surface area contributed by atoms with E-state index >= 15 is 0 Å². The number of ether oxygens (including phenoxy) is 1. The summed E-state index contributed by atoms with van der Waals surface area (Å²) < 4.78 is 5.10. The number of benzene rings is 1. The summed E-state index contributed by atoms with van der Waals surface area (Å²) in [5.41, 5.74) is 0.766. The van der Waals surface area contributed by atoms with Crippen LogP contribution in [-0.2, 0) is 14.3 Å². The highest BCUT2D eigenvalue weighted by Crippen LogP contribution is 2.55. The van der Waals surface area contributed by atoms with Crippen LogP contribution in [0.3, 0.4) is 0 Å². The molecule has 4 aliphatic rings. The molecule has 0 heterocycles. The van der Waals surface area contributed by atoms with E-state index in [1.165, 1.54) is 25.3 Å². The lowest BCUT2D eigenvalue weighted by Gasteiger charge is -2.56. The van der Waals surface area contributed by atoms with E-state index in [4.69, 9.17) is 16.3 Å². The normalized spacial score (nSPS) is 32.0. The zero-order valence-electron chi connectivity index (χ0n) is 14.7. The smallest absolute Gasteiger partial charge is 0.331 e. The Hall–Kier alpha value is -1.81. The third kappa shape index (κ3) is 3.96. The molecule has 0 atom stereocenters. The minimum absolute atomic E-state index is 0.0468. The van der Waals surface area contributed by atoms with Crippen molar-refractivity contribution in [1.82, 2.24) is 5.32 Å². The van der Waals surface area contributed by atoms with Crippen molar-refractivity contribution in [1.29, 1.82) is 0 Å². The molecule has 4 bridgehead atoms. The minimum atomic E-state index is -0.523. The number of carbonyl (C=O) groups is 2. The number of rotatable bonds is 5. The Morgan fingerprint density at radius 2 is 1.81 bits per heavy atom. The fourth-order valence-electron chi connectivity index (χ4n) is 5.55. The van der Waals surface area contributed by atoms with Gasteiger partial charge in [-0.25, -0.2) is 4.79 Å². The van der Waals surface area contributed by atoms with Crippen LogP contribution in [0.5, 0.6) is 0 Å². The molecule has 1 aromatic carbocycles. The molecule has 1 N–H and O–H groups in total. The van der Waals surface area contributed by atoms with Crippen molar-refractivity contribution in [3.63, 3.8) is 0 Å². The summed E-state index contributed by atoms with van der Waals surface area (Å²) in [6.45, 7) is -0.222. The lowest BCUT2D eigenvalue weighted by molar-refractivity contribution is -0.145. The van der Waals surface area contributed by atoms with Crippen LogP contribution in [0.15, 0.2) is 30.3 Å². The minimum Gasteiger partial charge on any atom is -0.452 e. The summed E-state index contributed by atoms with van der Waals surface area (Å²) in [6.07, 6.45) is 10.2. The van der Waals surface area contributed by atoms with E-state index in [1.54, 1.807) is 18.2 Å². The summed E-state index contributed by atoms with van der Waals surface area (Å²) in [4.78, 5) is 24.2. The number of carbonyl (C=O) groups excluding carboxylic acids is 2. The van der Waals surface area contributed by atoms with Gasteiger partial charge in [-0.15, -0.1) is 0 Å². The van der Waals surface area contributed by atoms with Gasteiger partial charge < -0.3 is 10.1 Å². The molecule has 0 spiro atoms. The third-order valence-corrected chi connectivity index (χ3v) is 6.28. The molecule has 0 aromatic heterocycles. The van der Waals surface area contributed by atoms with Crippen molar-refractivity contribution in [3.8, 4) is 0 Å². The van der Waals surface area contributed by atoms with Gasteiger partial charge in [0.2, 0.25) is 0 Å². The Morgan fingerprint density at radius 3 is 2.42 bits per heavy atom. The van der Waals surface area contributed by atoms with E-state index in [-0.39, 0.29) is 18.1 Å². The first kappa shape index (κ1) is 17.6. The van der Waals surface area contributed by atoms with Crippen molar-refractivity contribution in [2.75, 3.05) is 6.61 Å². The second-order valence-corrected chi connectivity index (χ2v) is 8.68. The first-order valence-corrected chi connectivity index (χ1v) is 9.79. The molecular weight excluding hydrogens is 350 g/mol. The Morgan fingerprint density at radius 1 is 1.15 bits per heavy atom. The number of halogens is 1. The highest BCUT2D eigenvalue weighted by atomic mass is 35.5. The lowest BCUT2D eigenvalue weighted by Crippen LogP contribution is -2.60. The second-order valence-electron chi connectivity index (χ2n) is 8.24. The molecule has 4 saturated carbocycles. The molecule has 1 amide bonds. The van der Waals surface area contributed by atoms with Gasteiger partial charge in [0.1, 0.15) is 0 Å². The van der Waals surface area contributed by atoms with Crippen molar-refractivity contribution >= 4 is 29.6 Å². The fraction of sp³-hybridized carbons (Fsp3) is 0.524. The van der Waals surface area contributed by atoms with Crippen LogP contribution in [0.2, 0.25) is 5.02 Å². The Labute approximate surface area is 158 Å². The molecule has 5 rings (SSSR count). The van der Waals surface area contributed by atoms with Gasteiger partial charge in [-0.2, -0.15) is 0 Å². The Balaban J connectivity index is 1.27. The zero-order valence-corrected chi connectivity index (χ0v) is 15.5. The van der Waals surface area contributed by atoms with E-state index < -0.39 is 5.97 Å². The molecule has 1 aromatic rings. The van der Waals surface area contributed by atoms with Crippen molar-refractivity contribution < 1.29 is 14.3 Å². The molecular formula is C21H24ClNO3. The number of amides is 1. The van der Waals surface area contributed by atoms with Gasteiger partial charge in [0.15, 0.2) is 6.61 Å². The van der Waals surface area contributed by atoms with Gasteiger partial charge in [0.05, 0.1) is 0 Å². The van der Waals surface area contributed by atoms with Crippen LogP contribution in [0.1, 0.15) is 44.1 Å². The van der Waals surface area contributed by atoms with E-state index in [1.807, 2.05) is 12.1 Å². The van der Waals surface area contributed by atoms with E-state index in [0.29, 0.717) is 5.02 Å². The quantitative estimate of drug-likeness (QED) is 0.627. The lowest BCUT2D eigenvalue weighted by atomic mass is 9.53. The number of hydrogen-bond acceptors (Lipinski definition) is 3. The highest BCUT2D eigenvalue weighted by molar-refractivity contribution is 6.30. The maximum absolute atomic E-state index is 12.3. The molecule has 0 radical (unpaired) electrons. The maximum atomic E-state index is 12.3. The SMILES string of the molecule is O=C(COC(=O)/C=C/c1cccc(Cl)c1)NC12CC3CC(CC(C3)C1)C2. The predicted octanol–water partition coefficient (Wildman–Crippen LogP) is 3.98. The van der Waals surface area contributed by atoms with Gasteiger partial charge in [0.25, 0.3) is 5.91 Å². The third-order valence-electron chi connectivity index (χ3n) is 6.05. The molecule has 26 heavy (non-hydrogen) atoms. The highest BCUT2D eigenvalue weighted by Gasteiger charge is 2.51. The van der Waals surface area contributed by atoms with Crippen LogP contribution in [0, 0.1) is 17.8 Å². The second kappa shape index (κ2) is 7.07. The molecule has 4 aliphatic carbocycles. The van der Waals surface area contributed by atoms with Crippen LogP contribution in [0.4, 0.5) is 0 Å². The van der Waals surface area contributed by atoms with Crippen LogP contribution < -0.4 is 5.32 Å². The Bertz CT molecular complexity index is 707. The van der Waals surface area contributed by atoms with Gasteiger partial charge in [-0.05, 0) is 80.1 Å². The van der Waals surface area contributed by atoms with Gasteiger partial charge >= 0.3 is 5.97 Å². The number of esters is 1. The summed E-state index contributed by atoms with van der Waals surface area (Å²) in [6, 6.07) is 7.18. The Kier molecular flexibility index (Phi) is 4.78. The summed E-state index contributed by atoms with van der Waals surface area (Å²) in [5.74, 6) is 1.60. The molecule has 138 valence electrons. The van der Waals surface area contributed by atoms with E-state index in [2.05, 4.69) is 5.32 Å². The van der Waals surface area contributed by atoms with Crippen molar-refractivity contribution in [3.05, 3.63) is 40.9 Å². The van der Waals surface area contributed by atoms with Crippen LogP contribution in [-0.4, -0.2) is 24.0 Å². The largest absolute Gasteiger partial charge is 0.452 e. The van der Waals surface area contributed by atoms with Gasteiger partial charge in [-0.1, -0.05) is 23.7 Å². The fourth-order valence-corrected chi connectivity index (χ4v) is 5.75. The molecule has 0 unspecified atom stereocenters. The van der Waals surface area contributed by atoms with Crippen molar-refractivity contribution in [2.45, 2.75) is 44.1 Å². The first-order chi connectivity index (χ1) is 12.5. The molecule has 4 nitrogen and oxygen atoms in total. The standard InChI is InChI=1S/C21H24ClNO3/c22-18-3-1-2-14(9-18)4-5-20(25)26-13-19(24)23-21-10-15-6-16(11-21)8-17(7-15)12-21/h1-5,9,15-17H,6-8,10-13H2,(H,23,24)/b5-4+. The topological polar surface area (TPSA) is 55.4 Å². The van der Waals surface area contributed by atoms with Crippen LogP contribution >= 0.6 is 11.6 Å². The van der Waals surface area contributed by atoms with Gasteiger partial charge in [-0.3, -0.25) is 4.79 Å². The van der Waals surface area contributed by atoms with Crippen molar-refractivity contribution in [2.24, 2.45) is 17.8 Å². The van der Waals surface area contributed by atoms with Crippen LogP contribution in [0.25, 0.3) is 6.08 Å². The number of hydrogen-bond donors (Lipinski definition) is 1. The van der Waals surface area contributed by atoms with E-state index in [0.717, 1.165) is 42.6 Å². The van der Waals surface area contributed by atoms with Gasteiger partial charge in [0, 0.05) is 16.6 Å². The zero-order chi connectivity index (χ0) is 18.1. The number of nitrogens with one attached hydrogen (secondary N) is 1. The monoisotopic (exact) mass is 373 g/mol. The summed E-state index contributed by atoms with van der Waals surface area (Å²) in [7, 11) is 0.